The van der Waals surface area contributed by atoms with E-state index in [1.54, 1.807) is 48.5 Å². The topological polar surface area (TPSA) is 122 Å². The second-order valence-corrected chi connectivity index (χ2v) is 7.09. The van der Waals surface area contributed by atoms with E-state index >= 15 is 0 Å². The molecule has 0 aliphatic rings. The first-order valence-corrected chi connectivity index (χ1v) is 9.41. The average Bonchev–Trinajstić information content (AvgIpc) is 2.72. The molecule has 0 fully saturated rings. The van der Waals surface area contributed by atoms with Gasteiger partial charge in [0.1, 0.15) is 6.33 Å². The van der Waals surface area contributed by atoms with Gasteiger partial charge in [0, 0.05) is 21.6 Å². The van der Waals surface area contributed by atoms with Crippen LogP contribution in [0.1, 0.15) is 15.9 Å². The van der Waals surface area contributed by atoms with Crippen LogP contribution in [-0.4, -0.2) is 20.8 Å². The number of nitrogens with one attached hydrogen (secondary N) is 3. The van der Waals surface area contributed by atoms with Crippen LogP contribution in [0, 0.1) is 10.1 Å². The van der Waals surface area contributed by atoms with Crippen molar-refractivity contribution in [2.24, 2.45) is 0 Å². The number of halogens is 2. The molecule has 0 unspecified atom stereocenters. The zero-order valence-corrected chi connectivity index (χ0v) is 17.1. The SMILES string of the molecule is O=C(NNc1ncnc(NCc2ccc(Cl)cc2)c1[N+](=O)[O-])c1ccc(Br)cc1. The van der Waals surface area contributed by atoms with Gasteiger partial charge in [-0.25, -0.2) is 9.97 Å². The Kier molecular flexibility index (Phi) is 6.57. The van der Waals surface area contributed by atoms with Crippen molar-refractivity contribution in [2.45, 2.75) is 6.54 Å². The fraction of sp³-hybridized carbons (Fsp3) is 0.0556. The summed E-state index contributed by atoms with van der Waals surface area (Å²) in [5, 5.41) is 15.1. The Labute approximate surface area is 178 Å². The Morgan fingerprint density at radius 2 is 1.72 bits per heavy atom. The van der Waals surface area contributed by atoms with Gasteiger partial charge in [-0.3, -0.25) is 25.8 Å². The second kappa shape index (κ2) is 9.30. The summed E-state index contributed by atoms with van der Waals surface area (Å²) in [5.74, 6) is -0.601. The lowest BCUT2D eigenvalue weighted by Gasteiger charge is -2.11. The number of benzene rings is 2. The summed E-state index contributed by atoms with van der Waals surface area (Å²) in [7, 11) is 0. The van der Waals surface area contributed by atoms with Crippen molar-refractivity contribution in [3.63, 3.8) is 0 Å². The van der Waals surface area contributed by atoms with E-state index in [0.717, 1.165) is 16.4 Å². The van der Waals surface area contributed by atoms with Crippen LogP contribution in [0.4, 0.5) is 17.3 Å². The summed E-state index contributed by atoms with van der Waals surface area (Å²) in [4.78, 5) is 30.9. The lowest BCUT2D eigenvalue weighted by Crippen LogP contribution is -2.30. The molecule has 0 saturated heterocycles. The van der Waals surface area contributed by atoms with Crippen molar-refractivity contribution < 1.29 is 9.72 Å². The summed E-state index contributed by atoms with van der Waals surface area (Å²) in [6.45, 7) is 0.291. The van der Waals surface area contributed by atoms with E-state index in [2.05, 4.69) is 42.1 Å². The molecule has 1 amide bonds. The molecule has 11 heteroatoms. The fourth-order valence-electron chi connectivity index (χ4n) is 2.35. The number of rotatable bonds is 7. The maximum absolute atomic E-state index is 12.2. The highest BCUT2D eigenvalue weighted by molar-refractivity contribution is 9.10. The van der Waals surface area contributed by atoms with Gasteiger partial charge in [0.05, 0.1) is 4.92 Å². The van der Waals surface area contributed by atoms with Crippen molar-refractivity contribution in [1.82, 2.24) is 15.4 Å². The molecular formula is C18H14BrClN6O3. The average molecular weight is 478 g/mol. The molecule has 0 radical (unpaired) electrons. The van der Waals surface area contributed by atoms with Gasteiger partial charge in [-0.05, 0) is 42.0 Å². The number of hydrogen-bond donors (Lipinski definition) is 3. The lowest BCUT2D eigenvalue weighted by atomic mass is 10.2. The van der Waals surface area contributed by atoms with E-state index < -0.39 is 16.5 Å². The molecule has 0 atom stereocenters. The first-order valence-electron chi connectivity index (χ1n) is 8.23. The van der Waals surface area contributed by atoms with Gasteiger partial charge in [-0.2, -0.15) is 0 Å². The number of anilines is 2. The first kappa shape index (κ1) is 20.5. The minimum Gasteiger partial charge on any atom is -0.360 e. The summed E-state index contributed by atoms with van der Waals surface area (Å²) in [5.41, 5.74) is 5.73. The van der Waals surface area contributed by atoms with Gasteiger partial charge >= 0.3 is 5.69 Å². The molecular weight excluding hydrogens is 464 g/mol. The van der Waals surface area contributed by atoms with Crippen molar-refractivity contribution in [3.05, 3.63) is 85.6 Å². The van der Waals surface area contributed by atoms with E-state index in [-0.39, 0.29) is 11.6 Å². The Morgan fingerprint density at radius 1 is 1.07 bits per heavy atom. The maximum atomic E-state index is 12.2. The molecule has 29 heavy (non-hydrogen) atoms. The molecule has 148 valence electrons. The van der Waals surface area contributed by atoms with Crippen LogP contribution in [0.15, 0.2) is 59.3 Å². The highest BCUT2D eigenvalue weighted by Gasteiger charge is 2.23. The highest BCUT2D eigenvalue weighted by Crippen LogP contribution is 2.28. The molecule has 0 aliphatic heterocycles. The van der Waals surface area contributed by atoms with Crippen molar-refractivity contribution in [1.29, 1.82) is 0 Å². The molecule has 3 N–H and O–H groups in total. The number of amides is 1. The Hall–Kier alpha value is -3.24. The lowest BCUT2D eigenvalue weighted by molar-refractivity contribution is -0.383. The molecule has 0 aliphatic carbocycles. The van der Waals surface area contributed by atoms with Gasteiger partial charge in [-0.15, -0.1) is 0 Å². The van der Waals surface area contributed by atoms with Gasteiger partial charge in [0.25, 0.3) is 5.91 Å². The molecule has 0 saturated carbocycles. The number of hydrazine groups is 1. The smallest absolute Gasteiger partial charge is 0.354 e. The second-order valence-electron chi connectivity index (χ2n) is 5.74. The first-order chi connectivity index (χ1) is 13.9. The number of aromatic nitrogens is 2. The molecule has 0 bridgehead atoms. The van der Waals surface area contributed by atoms with Crippen LogP contribution >= 0.6 is 27.5 Å². The van der Waals surface area contributed by atoms with Crippen molar-refractivity contribution >= 4 is 50.8 Å². The Bertz CT molecular complexity index is 1030. The van der Waals surface area contributed by atoms with Crippen LogP contribution in [0.25, 0.3) is 0 Å². The van der Waals surface area contributed by atoms with Crippen LogP contribution in [0.3, 0.4) is 0 Å². The number of nitrogens with zero attached hydrogens (tertiary/aromatic N) is 3. The van der Waals surface area contributed by atoms with E-state index in [1.807, 2.05) is 0 Å². The van der Waals surface area contributed by atoms with Crippen LogP contribution in [-0.2, 0) is 6.54 Å². The molecule has 3 aromatic rings. The van der Waals surface area contributed by atoms with Crippen LogP contribution in [0.5, 0.6) is 0 Å². The van der Waals surface area contributed by atoms with Crippen LogP contribution < -0.4 is 16.2 Å². The quantitative estimate of drug-likeness (QED) is 0.345. The molecule has 9 nitrogen and oxygen atoms in total. The molecule has 2 aromatic carbocycles. The largest absolute Gasteiger partial charge is 0.360 e. The van der Waals surface area contributed by atoms with E-state index in [1.165, 1.54) is 0 Å². The molecule has 3 rings (SSSR count). The third-order valence-corrected chi connectivity index (χ3v) is 4.56. The zero-order chi connectivity index (χ0) is 20.8. The Balaban J connectivity index is 1.73. The normalized spacial score (nSPS) is 10.3. The highest BCUT2D eigenvalue weighted by atomic mass is 79.9. The van der Waals surface area contributed by atoms with Crippen molar-refractivity contribution in [2.75, 3.05) is 10.7 Å². The molecule has 0 spiro atoms. The zero-order valence-electron chi connectivity index (χ0n) is 14.7. The minimum atomic E-state index is -0.627. The Morgan fingerprint density at radius 3 is 2.38 bits per heavy atom. The van der Waals surface area contributed by atoms with Gasteiger partial charge in [-0.1, -0.05) is 39.7 Å². The van der Waals surface area contributed by atoms with E-state index in [9.17, 15) is 14.9 Å². The third-order valence-electron chi connectivity index (χ3n) is 3.78. The number of nitro groups is 1. The summed E-state index contributed by atoms with van der Waals surface area (Å²) in [6.07, 6.45) is 1.16. The minimum absolute atomic E-state index is 0.0142. The molecule has 1 aromatic heterocycles. The third kappa shape index (κ3) is 5.39. The predicted molar refractivity (Wildman–Crippen MR) is 113 cm³/mol. The number of carbonyl (C=O) groups excluding carboxylic acids is 1. The fourth-order valence-corrected chi connectivity index (χ4v) is 2.74. The summed E-state index contributed by atoms with van der Waals surface area (Å²) < 4.78 is 0.824. The predicted octanol–water partition coefficient (Wildman–Crippen LogP) is 4.17. The van der Waals surface area contributed by atoms with E-state index in [0.29, 0.717) is 17.1 Å². The van der Waals surface area contributed by atoms with Gasteiger partial charge in [0.15, 0.2) is 0 Å². The standard InChI is InChI=1S/C18H14BrClN6O3/c19-13-5-3-12(4-6-13)18(27)25-24-17-15(26(28)29)16(22-10-23-17)21-9-11-1-7-14(20)8-2-11/h1-8,10H,9H2,(H,25,27)(H2,21,22,23,24). The number of hydrogen-bond acceptors (Lipinski definition) is 7. The molecule has 1 heterocycles. The number of carbonyl (C=O) groups is 1. The monoisotopic (exact) mass is 476 g/mol. The summed E-state index contributed by atoms with van der Waals surface area (Å²) >= 11 is 9.14. The maximum Gasteiger partial charge on any atom is 0.354 e. The van der Waals surface area contributed by atoms with Crippen LogP contribution in [0.2, 0.25) is 5.02 Å². The van der Waals surface area contributed by atoms with Crippen molar-refractivity contribution in [3.8, 4) is 0 Å². The van der Waals surface area contributed by atoms with Gasteiger partial charge in [0.2, 0.25) is 11.6 Å². The van der Waals surface area contributed by atoms with E-state index in [4.69, 9.17) is 11.6 Å². The van der Waals surface area contributed by atoms with Gasteiger partial charge < -0.3 is 5.32 Å². The summed E-state index contributed by atoms with van der Waals surface area (Å²) in [6, 6.07) is 13.7.